The number of rotatable bonds is 3. The zero-order chi connectivity index (χ0) is 13.1. The summed E-state index contributed by atoms with van der Waals surface area (Å²) < 4.78 is 19.5. The Morgan fingerprint density at radius 2 is 2.17 bits per heavy atom. The van der Waals surface area contributed by atoms with Crippen molar-refractivity contribution in [2.45, 2.75) is 5.33 Å². The van der Waals surface area contributed by atoms with Gasteiger partial charge in [-0.2, -0.15) is 0 Å². The number of hydrogen-bond donors (Lipinski definition) is 0. The second-order valence-corrected chi connectivity index (χ2v) is 5.22. The first-order valence-corrected chi connectivity index (χ1v) is 7.23. The van der Waals surface area contributed by atoms with Crippen molar-refractivity contribution in [3.05, 3.63) is 51.3 Å². The second-order valence-electron chi connectivity index (χ2n) is 3.40. The molecule has 0 atom stereocenters. The van der Waals surface area contributed by atoms with E-state index in [0.717, 1.165) is 5.56 Å². The summed E-state index contributed by atoms with van der Waals surface area (Å²) in [5.41, 5.74) is 0.875. The first kappa shape index (κ1) is 13.8. The molecule has 2 rings (SSSR count). The van der Waals surface area contributed by atoms with Crippen molar-refractivity contribution in [3.63, 3.8) is 0 Å². The Bertz CT molecular complexity index is 580. The molecule has 0 radical (unpaired) electrons. The third kappa shape index (κ3) is 3.02. The van der Waals surface area contributed by atoms with Crippen LogP contribution in [0.25, 0.3) is 0 Å². The topological polar surface area (TPSA) is 22.1 Å². The zero-order valence-corrected chi connectivity index (χ0v) is 12.9. The fourth-order valence-corrected chi connectivity index (χ4v) is 2.45. The third-order valence-electron chi connectivity index (χ3n) is 2.18. The molecular weight excluding hydrogens is 388 g/mol. The van der Waals surface area contributed by atoms with Crippen LogP contribution < -0.4 is 4.74 Å². The lowest BCUT2D eigenvalue weighted by Gasteiger charge is -2.10. The van der Waals surface area contributed by atoms with Gasteiger partial charge in [0, 0.05) is 23.2 Å². The first-order chi connectivity index (χ1) is 8.61. The Kier molecular flexibility index (Phi) is 4.59. The molecule has 0 spiro atoms. The van der Waals surface area contributed by atoms with E-state index in [-0.39, 0.29) is 5.02 Å². The van der Waals surface area contributed by atoms with Crippen LogP contribution >= 0.6 is 43.5 Å². The zero-order valence-electron chi connectivity index (χ0n) is 8.96. The van der Waals surface area contributed by atoms with Crippen molar-refractivity contribution < 1.29 is 9.13 Å². The van der Waals surface area contributed by atoms with Gasteiger partial charge in [-0.15, -0.1) is 0 Å². The van der Waals surface area contributed by atoms with Gasteiger partial charge in [-0.25, -0.2) is 9.37 Å². The van der Waals surface area contributed by atoms with E-state index in [2.05, 4.69) is 36.8 Å². The first-order valence-electron chi connectivity index (χ1n) is 4.94. The summed E-state index contributed by atoms with van der Waals surface area (Å²) in [6, 6.07) is 6.35. The van der Waals surface area contributed by atoms with Crippen LogP contribution in [0.3, 0.4) is 0 Å². The molecule has 0 unspecified atom stereocenters. The molecule has 2 nitrogen and oxygen atoms in total. The molecule has 0 aliphatic carbocycles. The highest BCUT2D eigenvalue weighted by Crippen LogP contribution is 2.34. The van der Waals surface area contributed by atoms with Crippen molar-refractivity contribution in [2.75, 3.05) is 0 Å². The van der Waals surface area contributed by atoms with Crippen molar-refractivity contribution in [3.8, 4) is 11.6 Å². The predicted octanol–water partition coefficient (Wildman–Crippen LogP) is 5.32. The van der Waals surface area contributed by atoms with Crippen LogP contribution in [-0.4, -0.2) is 4.98 Å². The molecule has 0 saturated heterocycles. The molecule has 0 amide bonds. The van der Waals surface area contributed by atoms with Gasteiger partial charge in [0.25, 0.3) is 0 Å². The van der Waals surface area contributed by atoms with E-state index in [4.69, 9.17) is 16.3 Å². The molecule has 94 valence electrons. The van der Waals surface area contributed by atoms with Crippen LogP contribution in [0.5, 0.6) is 11.6 Å². The standard InChI is InChI=1S/C12H7Br2ClFNO/c13-6-7-2-1-3-17-12(7)18-11-5-10(16)9(15)4-8(11)14/h1-5H,6H2. The SMILES string of the molecule is Fc1cc(Oc2ncccc2CBr)c(Br)cc1Cl. The van der Waals surface area contributed by atoms with E-state index in [1.54, 1.807) is 12.3 Å². The van der Waals surface area contributed by atoms with Gasteiger partial charge in [-0.3, -0.25) is 0 Å². The van der Waals surface area contributed by atoms with Gasteiger partial charge >= 0.3 is 0 Å². The number of nitrogens with zero attached hydrogens (tertiary/aromatic N) is 1. The minimum absolute atomic E-state index is 0.0379. The number of aromatic nitrogens is 1. The second kappa shape index (κ2) is 5.99. The molecule has 0 N–H and O–H groups in total. The van der Waals surface area contributed by atoms with Crippen LogP contribution in [0.15, 0.2) is 34.9 Å². The summed E-state index contributed by atoms with van der Waals surface area (Å²) in [5, 5.41) is 0.639. The third-order valence-corrected chi connectivity index (χ3v) is 3.69. The average Bonchev–Trinajstić information content (AvgIpc) is 2.36. The van der Waals surface area contributed by atoms with Crippen molar-refractivity contribution in [2.24, 2.45) is 0 Å². The molecule has 0 bridgehead atoms. The predicted molar refractivity (Wildman–Crippen MR) is 76.1 cm³/mol. The van der Waals surface area contributed by atoms with Gasteiger partial charge in [0.1, 0.15) is 11.6 Å². The smallest absolute Gasteiger partial charge is 0.223 e. The van der Waals surface area contributed by atoms with E-state index in [0.29, 0.717) is 21.4 Å². The van der Waals surface area contributed by atoms with Gasteiger partial charge < -0.3 is 4.74 Å². The van der Waals surface area contributed by atoms with Crippen LogP contribution in [0.4, 0.5) is 4.39 Å². The maximum absolute atomic E-state index is 13.4. The lowest BCUT2D eigenvalue weighted by molar-refractivity contribution is 0.451. The van der Waals surface area contributed by atoms with E-state index < -0.39 is 5.82 Å². The number of hydrogen-bond acceptors (Lipinski definition) is 2. The monoisotopic (exact) mass is 393 g/mol. The van der Waals surface area contributed by atoms with Crippen LogP contribution in [-0.2, 0) is 5.33 Å². The summed E-state index contributed by atoms with van der Waals surface area (Å²) in [6.45, 7) is 0. The molecule has 1 heterocycles. The Morgan fingerprint density at radius 3 is 2.89 bits per heavy atom. The molecule has 0 fully saturated rings. The van der Waals surface area contributed by atoms with E-state index in [1.807, 2.05) is 6.07 Å². The minimum Gasteiger partial charge on any atom is -0.437 e. The van der Waals surface area contributed by atoms with Gasteiger partial charge in [0.05, 0.1) is 9.50 Å². The average molecular weight is 395 g/mol. The van der Waals surface area contributed by atoms with Gasteiger partial charge in [0.15, 0.2) is 0 Å². The highest BCUT2D eigenvalue weighted by Gasteiger charge is 2.11. The quantitative estimate of drug-likeness (QED) is 0.518. The Hall–Kier alpha value is -0.650. The molecule has 6 heteroatoms. The van der Waals surface area contributed by atoms with E-state index in [9.17, 15) is 4.39 Å². The summed E-state index contributed by atoms with van der Waals surface area (Å²) in [7, 11) is 0. The van der Waals surface area contributed by atoms with Gasteiger partial charge in [0.2, 0.25) is 5.88 Å². The van der Waals surface area contributed by atoms with Crippen LogP contribution in [0.1, 0.15) is 5.56 Å². The molecule has 1 aromatic heterocycles. The van der Waals surface area contributed by atoms with Crippen molar-refractivity contribution in [1.29, 1.82) is 0 Å². The minimum atomic E-state index is -0.536. The molecule has 2 aromatic rings. The Morgan fingerprint density at radius 1 is 1.39 bits per heavy atom. The van der Waals surface area contributed by atoms with E-state index in [1.165, 1.54) is 12.1 Å². The maximum Gasteiger partial charge on any atom is 0.223 e. The Labute approximate surface area is 125 Å². The molecular formula is C12H7Br2ClFNO. The number of benzene rings is 1. The number of alkyl halides is 1. The molecule has 0 saturated carbocycles. The normalized spacial score (nSPS) is 10.4. The highest BCUT2D eigenvalue weighted by molar-refractivity contribution is 9.10. The molecule has 1 aromatic carbocycles. The summed E-state index contributed by atoms with van der Waals surface area (Å²) in [5.74, 6) is 0.223. The highest BCUT2D eigenvalue weighted by atomic mass is 79.9. The van der Waals surface area contributed by atoms with Crippen LogP contribution in [0.2, 0.25) is 5.02 Å². The lowest BCUT2D eigenvalue weighted by atomic mass is 10.3. The van der Waals surface area contributed by atoms with Crippen molar-refractivity contribution >= 4 is 43.5 Å². The number of ether oxygens (including phenoxy) is 1. The molecule has 18 heavy (non-hydrogen) atoms. The van der Waals surface area contributed by atoms with Crippen molar-refractivity contribution in [1.82, 2.24) is 4.98 Å². The largest absolute Gasteiger partial charge is 0.437 e. The van der Waals surface area contributed by atoms with Gasteiger partial charge in [-0.1, -0.05) is 33.6 Å². The van der Waals surface area contributed by atoms with E-state index >= 15 is 0 Å². The Balaban J connectivity index is 2.37. The summed E-state index contributed by atoms with van der Waals surface area (Å²) in [6.07, 6.45) is 1.61. The number of pyridine rings is 1. The summed E-state index contributed by atoms with van der Waals surface area (Å²) in [4.78, 5) is 4.11. The number of halogens is 4. The lowest BCUT2D eigenvalue weighted by Crippen LogP contribution is -1.94. The summed E-state index contributed by atoms with van der Waals surface area (Å²) >= 11 is 12.3. The molecule has 0 aliphatic heterocycles. The fourth-order valence-electron chi connectivity index (χ4n) is 1.30. The van der Waals surface area contributed by atoms with Crippen LogP contribution in [0, 0.1) is 5.82 Å². The van der Waals surface area contributed by atoms with Gasteiger partial charge in [-0.05, 0) is 28.1 Å². The fraction of sp³-hybridized carbons (Fsp3) is 0.0833. The molecule has 0 aliphatic rings. The maximum atomic E-state index is 13.4.